The molecule has 398 valence electrons. The number of nitrogens with one attached hydrogen (secondary N) is 3. The van der Waals surface area contributed by atoms with Gasteiger partial charge in [0.2, 0.25) is 5.43 Å². The highest BCUT2D eigenvalue weighted by Crippen LogP contribution is 2.50. The number of aliphatic hydroxyl groups excluding tert-OH is 1. The van der Waals surface area contributed by atoms with Crippen LogP contribution in [0.25, 0.3) is 33.3 Å². The SMILES string of the molecule is CO[C@H]1/C=C/O[C@@]2(C)Oc3c(C)c(O)c4c(=O)c(c5oc6cc(OCCNCCOCCNCCC(C)(C)C)ccc6nc-5c4c3C2=O)NC(=O)/C(C)=C\C=C\[C@H](C)[C@H](O)[C@@H](C)[C@@H](C)[C@@H](C)[C@H](OC(C)=O)[C@@H]1C. The number of ketones is 1. The summed E-state index contributed by atoms with van der Waals surface area (Å²) in [5.74, 6) is -5.56. The lowest BCUT2D eigenvalue weighted by Crippen LogP contribution is -2.43. The van der Waals surface area contributed by atoms with Crippen LogP contribution < -0.4 is 30.9 Å². The van der Waals surface area contributed by atoms with Gasteiger partial charge >= 0.3 is 11.8 Å². The van der Waals surface area contributed by atoms with Crippen molar-refractivity contribution >= 4 is 45.2 Å². The molecule has 3 aliphatic heterocycles. The zero-order valence-corrected chi connectivity index (χ0v) is 44.7. The number of carbonyl (C=O) groups excluding carboxylic acids is 3. The molecular formula is C56H76N4O13. The Labute approximate surface area is 428 Å². The molecule has 2 aromatic carbocycles. The number of phenols is 1. The second kappa shape index (κ2) is 24.0. The van der Waals surface area contributed by atoms with Crippen LogP contribution in [0.1, 0.15) is 98.5 Å². The van der Waals surface area contributed by atoms with Crippen LogP contribution >= 0.6 is 0 Å². The summed E-state index contributed by atoms with van der Waals surface area (Å²) in [6.07, 6.45) is 6.81. The molecule has 0 spiro atoms. The summed E-state index contributed by atoms with van der Waals surface area (Å²) in [4.78, 5) is 61.2. The average Bonchev–Trinajstić information content (AvgIpc) is 3.61. The van der Waals surface area contributed by atoms with E-state index in [9.17, 15) is 29.4 Å². The maximum Gasteiger partial charge on any atom is 0.312 e. The number of aromatic hydroxyl groups is 1. The first-order valence-electron chi connectivity index (χ1n) is 25.3. The molecule has 0 saturated heterocycles. The number of Topliss-reactive ketones (excluding diaryl/α,β-unsaturated/α-hetero) is 1. The van der Waals surface area contributed by atoms with Gasteiger partial charge in [0.05, 0.1) is 42.6 Å². The Morgan fingerprint density at radius 3 is 2.27 bits per heavy atom. The van der Waals surface area contributed by atoms with Crippen LogP contribution in [0.3, 0.4) is 0 Å². The Hall–Kier alpha value is -5.85. The van der Waals surface area contributed by atoms with Gasteiger partial charge in [0.15, 0.2) is 11.3 Å². The number of aliphatic hydroxyl groups is 1. The van der Waals surface area contributed by atoms with Crippen LogP contribution in [0.4, 0.5) is 5.69 Å². The molecule has 17 nitrogen and oxygen atoms in total. The fourth-order valence-electron chi connectivity index (χ4n) is 9.43. The second-order valence-corrected chi connectivity index (χ2v) is 21.0. The van der Waals surface area contributed by atoms with Gasteiger partial charge in [-0.2, -0.15) is 0 Å². The first-order chi connectivity index (χ1) is 34.5. The number of phenolic OH excluding ortho intramolecular Hbond substituents is 1. The van der Waals surface area contributed by atoms with Crippen molar-refractivity contribution in [1.82, 2.24) is 15.6 Å². The Balaban J connectivity index is 1.38. The van der Waals surface area contributed by atoms with Gasteiger partial charge < -0.3 is 59.0 Å². The largest absolute Gasteiger partial charge is 0.507 e. The van der Waals surface area contributed by atoms with Crippen molar-refractivity contribution in [3.8, 4) is 28.7 Å². The van der Waals surface area contributed by atoms with Gasteiger partial charge in [-0.05, 0) is 68.2 Å². The molecule has 5 N–H and O–H groups in total. The average molecular weight is 1010 g/mol. The lowest BCUT2D eigenvalue weighted by molar-refractivity contribution is -0.157. The number of benzene rings is 3. The molecule has 6 rings (SSSR count). The van der Waals surface area contributed by atoms with E-state index in [1.165, 1.54) is 34.1 Å². The summed E-state index contributed by atoms with van der Waals surface area (Å²) in [6.45, 7) is 26.5. The number of anilines is 1. The number of methoxy groups -OCH3 is 1. The Bertz CT molecular complexity index is 2760. The van der Waals surface area contributed by atoms with Crippen molar-refractivity contribution in [1.29, 1.82) is 0 Å². The van der Waals surface area contributed by atoms with E-state index in [1.54, 1.807) is 49.4 Å². The highest BCUT2D eigenvalue weighted by Gasteiger charge is 2.50. The summed E-state index contributed by atoms with van der Waals surface area (Å²) in [5.41, 5.74) is -0.153. The normalized spacial score (nSPS) is 26.8. The topological polar surface area (TPSA) is 226 Å². The first kappa shape index (κ1) is 56.4. The highest BCUT2D eigenvalue weighted by molar-refractivity contribution is 6.22. The van der Waals surface area contributed by atoms with E-state index in [4.69, 9.17) is 37.8 Å². The predicted molar refractivity (Wildman–Crippen MR) is 280 cm³/mol. The Morgan fingerprint density at radius 2 is 1.60 bits per heavy atom. The summed E-state index contributed by atoms with van der Waals surface area (Å²) in [5, 5.41) is 32.6. The minimum absolute atomic E-state index is 0.0116. The number of esters is 1. The predicted octanol–water partition coefficient (Wildman–Crippen LogP) is 8.24. The monoisotopic (exact) mass is 1010 g/mol. The second-order valence-electron chi connectivity index (χ2n) is 21.0. The summed E-state index contributed by atoms with van der Waals surface area (Å²) >= 11 is 0. The van der Waals surface area contributed by atoms with Gasteiger partial charge in [-0.15, -0.1) is 0 Å². The molecule has 4 bridgehead atoms. The van der Waals surface area contributed by atoms with Gasteiger partial charge in [0, 0.05) is 75.0 Å². The maximum atomic E-state index is 14.9. The number of ether oxygens (including phenoxy) is 6. The van der Waals surface area contributed by atoms with Crippen LogP contribution in [0, 0.1) is 41.9 Å². The molecular weight excluding hydrogens is 937 g/mol. The molecule has 3 heterocycles. The minimum atomic E-state index is -2.01. The van der Waals surface area contributed by atoms with E-state index >= 15 is 0 Å². The highest BCUT2D eigenvalue weighted by atomic mass is 16.7. The number of nitrogens with zero attached hydrogens (tertiary/aromatic N) is 1. The van der Waals surface area contributed by atoms with E-state index < -0.39 is 58.9 Å². The summed E-state index contributed by atoms with van der Waals surface area (Å²) < 4.78 is 42.6. The van der Waals surface area contributed by atoms with Crippen molar-refractivity contribution in [3.05, 3.63) is 75.7 Å². The number of hydrogen-bond donors (Lipinski definition) is 5. The van der Waals surface area contributed by atoms with Gasteiger partial charge in [0.1, 0.15) is 46.9 Å². The molecule has 9 atom stereocenters. The molecule has 1 aliphatic carbocycles. The fourth-order valence-corrected chi connectivity index (χ4v) is 9.43. The van der Waals surface area contributed by atoms with E-state index in [-0.39, 0.29) is 85.0 Å². The number of hydrogen-bond acceptors (Lipinski definition) is 16. The van der Waals surface area contributed by atoms with Crippen LogP contribution in [0.5, 0.6) is 17.2 Å². The summed E-state index contributed by atoms with van der Waals surface area (Å²) in [6, 6.07) is 5.00. The molecule has 1 amide bonds. The zero-order chi connectivity index (χ0) is 53.5. The number of allylic oxidation sites excluding steroid dienone is 2. The molecule has 0 fully saturated rings. The van der Waals surface area contributed by atoms with Crippen molar-refractivity contribution < 1.29 is 57.4 Å². The third kappa shape index (κ3) is 12.9. The zero-order valence-electron chi connectivity index (χ0n) is 44.7. The molecule has 17 heteroatoms. The standard InChI is InChI=1S/C56H76N4O13/c1-30-15-14-16-31(2)54(66)60-46-49(64)43-42(45-52(46)72-41-29-38(17-18-39(41)59-45)69-28-24-58-23-27-68-26-22-57-21-20-55(9,10)11)44-51(36(7)48(43)63)73-56(12,53(44)65)70-25-19-40(67-13)35(6)50(71-37(8)61)34(5)32(3)33(4)47(30)62/h14-19,25,29-30,32-35,40,47,50,57-58,62-63H,20-24,26-28H2,1-13H3,(H,60,66)/b15-14+,25-19+,31-16-/t30-,32+,33-,34+,35+,40-,47-,50-,56-/m0/s1. The van der Waals surface area contributed by atoms with E-state index in [0.717, 1.165) is 19.5 Å². The van der Waals surface area contributed by atoms with Crippen molar-refractivity contribution in [2.75, 3.05) is 58.4 Å². The lowest BCUT2D eigenvalue weighted by atomic mass is 9.73. The molecule has 0 saturated carbocycles. The van der Waals surface area contributed by atoms with Crippen molar-refractivity contribution in [2.24, 2.45) is 35.0 Å². The Kier molecular flexibility index (Phi) is 18.6. The maximum absolute atomic E-state index is 14.9. The van der Waals surface area contributed by atoms with E-state index in [0.29, 0.717) is 44.2 Å². The number of carbonyl (C=O) groups is 3. The van der Waals surface area contributed by atoms with Crippen LogP contribution in [0.15, 0.2) is 63.6 Å². The van der Waals surface area contributed by atoms with Gasteiger partial charge in [-0.3, -0.25) is 19.2 Å². The number of amides is 1. The van der Waals surface area contributed by atoms with Crippen molar-refractivity contribution in [2.45, 2.75) is 114 Å². The smallest absolute Gasteiger partial charge is 0.312 e. The molecule has 4 aliphatic rings. The fraction of sp³-hybridized carbons (Fsp3) is 0.554. The number of rotatable bonds is 14. The van der Waals surface area contributed by atoms with Crippen LogP contribution in [-0.4, -0.2) is 110 Å². The molecule has 0 aromatic heterocycles. The molecule has 73 heavy (non-hydrogen) atoms. The van der Waals surface area contributed by atoms with Gasteiger partial charge in [0.25, 0.3) is 11.7 Å². The van der Waals surface area contributed by atoms with Gasteiger partial charge in [-0.1, -0.05) is 73.6 Å². The van der Waals surface area contributed by atoms with Crippen LogP contribution in [0.2, 0.25) is 0 Å². The third-order valence-electron chi connectivity index (χ3n) is 14.3. The number of fused-ring (bicyclic) bond motifs is 2. The van der Waals surface area contributed by atoms with E-state index in [1.807, 2.05) is 34.6 Å². The quantitative estimate of drug-likeness (QED) is 0.0347. The van der Waals surface area contributed by atoms with E-state index in [2.05, 4.69) is 36.7 Å². The molecule has 0 unspecified atom stereocenters. The van der Waals surface area contributed by atoms with Crippen LogP contribution in [-0.2, 0) is 28.5 Å². The minimum Gasteiger partial charge on any atom is -0.507 e. The first-order valence-corrected chi connectivity index (χ1v) is 25.3. The third-order valence-corrected chi connectivity index (χ3v) is 14.3. The Morgan fingerprint density at radius 1 is 0.918 bits per heavy atom. The van der Waals surface area contributed by atoms with Crippen molar-refractivity contribution in [3.63, 3.8) is 0 Å². The molecule has 2 aromatic rings. The lowest BCUT2D eigenvalue weighted by Gasteiger charge is -2.39. The van der Waals surface area contributed by atoms with Gasteiger partial charge in [-0.25, -0.2) is 4.98 Å². The summed E-state index contributed by atoms with van der Waals surface area (Å²) in [7, 11) is 1.51. The number of aromatic nitrogens is 1. The molecule has 0 radical (unpaired) electrons.